The van der Waals surface area contributed by atoms with E-state index in [9.17, 15) is 0 Å². The molecule has 0 aliphatic carbocycles. The van der Waals surface area contributed by atoms with Crippen molar-refractivity contribution in [1.82, 2.24) is 4.90 Å². The topological polar surface area (TPSA) is 3.24 Å². The minimum atomic E-state index is 0.772. The largest absolute Gasteiger partial charge is 0.295 e. The second-order valence-corrected chi connectivity index (χ2v) is 5.06. The van der Waals surface area contributed by atoms with E-state index < -0.39 is 0 Å². The molecule has 2 unspecified atom stereocenters. The van der Waals surface area contributed by atoms with Crippen LogP contribution in [-0.4, -0.2) is 23.0 Å². The molecule has 13 heavy (non-hydrogen) atoms. The van der Waals surface area contributed by atoms with Crippen LogP contribution in [-0.2, 0) is 0 Å². The van der Waals surface area contributed by atoms with Gasteiger partial charge in [0.25, 0.3) is 0 Å². The third-order valence-electron chi connectivity index (χ3n) is 3.84. The van der Waals surface area contributed by atoms with Crippen molar-refractivity contribution in [2.75, 3.05) is 0 Å². The van der Waals surface area contributed by atoms with Gasteiger partial charge >= 0.3 is 0 Å². The molecule has 1 heteroatoms. The number of hydrogen-bond donors (Lipinski definition) is 0. The van der Waals surface area contributed by atoms with Gasteiger partial charge in [-0.1, -0.05) is 19.3 Å². The summed E-state index contributed by atoms with van der Waals surface area (Å²) in [4.78, 5) is 2.82. The first-order valence-electron chi connectivity index (χ1n) is 6.06. The van der Waals surface area contributed by atoms with E-state index in [4.69, 9.17) is 0 Å². The summed E-state index contributed by atoms with van der Waals surface area (Å²) in [5.41, 5.74) is 0. The van der Waals surface area contributed by atoms with Crippen LogP contribution in [0.15, 0.2) is 0 Å². The molecule has 2 rings (SSSR count). The fraction of sp³-hybridized carbons (Fsp3) is 1.00. The second-order valence-electron chi connectivity index (χ2n) is 5.06. The molecule has 0 spiro atoms. The van der Waals surface area contributed by atoms with Gasteiger partial charge in [-0.15, -0.1) is 0 Å². The van der Waals surface area contributed by atoms with Crippen molar-refractivity contribution in [3.05, 3.63) is 0 Å². The Kier molecular flexibility index (Phi) is 2.92. The average Bonchev–Trinajstić information content (AvgIpc) is 2.22. The average molecular weight is 181 g/mol. The summed E-state index contributed by atoms with van der Waals surface area (Å²) in [6.45, 7) is 4.74. The Hall–Kier alpha value is -0.0400. The van der Waals surface area contributed by atoms with E-state index in [-0.39, 0.29) is 0 Å². The lowest BCUT2D eigenvalue weighted by Gasteiger charge is -2.43. The molecule has 0 N–H and O–H groups in total. The van der Waals surface area contributed by atoms with Gasteiger partial charge in [-0.2, -0.15) is 0 Å². The van der Waals surface area contributed by atoms with Gasteiger partial charge in [0.15, 0.2) is 0 Å². The zero-order valence-corrected chi connectivity index (χ0v) is 9.13. The smallest absolute Gasteiger partial charge is 0.0101 e. The molecule has 0 amide bonds. The maximum atomic E-state index is 2.82. The van der Waals surface area contributed by atoms with Crippen molar-refractivity contribution in [3.63, 3.8) is 0 Å². The molecule has 2 aliphatic heterocycles. The van der Waals surface area contributed by atoms with Crippen LogP contribution in [0.1, 0.15) is 58.8 Å². The monoisotopic (exact) mass is 181 g/mol. The number of rotatable bonds is 1. The zero-order valence-electron chi connectivity index (χ0n) is 9.13. The van der Waals surface area contributed by atoms with Crippen LogP contribution in [0.4, 0.5) is 0 Å². The molecule has 76 valence electrons. The molecule has 0 saturated carbocycles. The number of hydrogen-bond acceptors (Lipinski definition) is 1. The Balaban J connectivity index is 2.11. The predicted molar refractivity (Wildman–Crippen MR) is 56.9 cm³/mol. The van der Waals surface area contributed by atoms with Gasteiger partial charge in [-0.25, -0.2) is 0 Å². The van der Waals surface area contributed by atoms with Crippen molar-refractivity contribution in [2.24, 2.45) is 0 Å². The van der Waals surface area contributed by atoms with Crippen LogP contribution in [0.2, 0.25) is 0 Å². The van der Waals surface area contributed by atoms with Crippen LogP contribution in [0.3, 0.4) is 0 Å². The summed E-state index contributed by atoms with van der Waals surface area (Å²) in [6, 6.07) is 2.64. The second kappa shape index (κ2) is 4.00. The van der Waals surface area contributed by atoms with Crippen molar-refractivity contribution in [3.8, 4) is 0 Å². The summed E-state index contributed by atoms with van der Waals surface area (Å²) in [5, 5.41) is 0. The molecule has 0 radical (unpaired) electrons. The lowest BCUT2D eigenvalue weighted by Crippen LogP contribution is -2.49. The highest BCUT2D eigenvalue weighted by Gasteiger charge is 2.33. The van der Waals surface area contributed by atoms with Gasteiger partial charge in [-0.05, 0) is 39.5 Å². The molecule has 2 heterocycles. The highest BCUT2D eigenvalue weighted by molar-refractivity contribution is 4.88. The van der Waals surface area contributed by atoms with Crippen LogP contribution in [0.5, 0.6) is 0 Å². The molecule has 2 aliphatic rings. The van der Waals surface area contributed by atoms with E-state index >= 15 is 0 Å². The van der Waals surface area contributed by atoms with Crippen molar-refractivity contribution in [1.29, 1.82) is 0 Å². The fourth-order valence-electron chi connectivity index (χ4n) is 3.38. The van der Waals surface area contributed by atoms with Crippen molar-refractivity contribution >= 4 is 0 Å². The predicted octanol–water partition coefficient (Wildman–Crippen LogP) is 3.19. The quantitative estimate of drug-likeness (QED) is 0.600. The lowest BCUT2D eigenvalue weighted by molar-refractivity contribution is 0.0548. The van der Waals surface area contributed by atoms with Gasteiger partial charge in [0.05, 0.1) is 0 Å². The highest BCUT2D eigenvalue weighted by atomic mass is 15.2. The Bertz CT molecular complexity index is 151. The third kappa shape index (κ3) is 1.90. The number of piperidine rings is 1. The van der Waals surface area contributed by atoms with Gasteiger partial charge in [0, 0.05) is 18.1 Å². The minimum absolute atomic E-state index is 0.772. The summed E-state index contributed by atoms with van der Waals surface area (Å²) >= 11 is 0. The third-order valence-corrected chi connectivity index (χ3v) is 3.84. The molecular weight excluding hydrogens is 158 g/mol. The van der Waals surface area contributed by atoms with Crippen LogP contribution in [0, 0.1) is 0 Å². The maximum Gasteiger partial charge on any atom is 0.0101 e. The Labute approximate surface area is 82.5 Å². The van der Waals surface area contributed by atoms with E-state index in [1.807, 2.05) is 0 Å². The first-order valence-corrected chi connectivity index (χ1v) is 6.06. The molecule has 0 aromatic rings. The molecule has 2 atom stereocenters. The van der Waals surface area contributed by atoms with E-state index in [0.717, 1.165) is 18.1 Å². The Morgan fingerprint density at radius 1 is 0.846 bits per heavy atom. The fourth-order valence-corrected chi connectivity index (χ4v) is 3.38. The standard InChI is InChI=1S/C12H23N/c1-10(2)13-11-6-3-4-7-12(13)9-5-8-11/h10-12H,3-9H2,1-2H3. The summed E-state index contributed by atoms with van der Waals surface area (Å²) in [7, 11) is 0. The van der Waals surface area contributed by atoms with Gasteiger partial charge in [0.2, 0.25) is 0 Å². The number of fused-ring (bicyclic) bond motifs is 2. The van der Waals surface area contributed by atoms with Crippen molar-refractivity contribution in [2.45, 2.75) is 76.9 Å². The molecule has 1 nitrogen and oxygen atoms in total. The van der Waals surface area contributed by atoms with Gasteiger partial charge in [0.1, 0.15) is 0 Å². The summed E-state index contributed by atoms with van der Waals surface area (Å²) < 4.78 is 0. The van der Waals surface area contributed by atoms with Gasteiger partial charge in [-0.3, -0.25) is 4.90 Å². The molecule has 2 saturated heterocycles. The molecule has 0 aromatic carbocycles. The minimum Gasteiger partial charge on any atom is -0.295 e. The first-order chi connectivity index (χ1) is 6.29. The summed E-state index contributed by atoms with van der Waals surface area (Å²) in [6.07, 6.45) is 10.3. The van der Waals surface area contributed by atoms with Crippen molar-refractivity contribution < 1.29 is 0 Å². The van der Waals surface area contributed by atoms with E-state index in [1.165, 1.54) is 44.9 Å². The van der Waals surface area contributed by atoms with E-state index in [0.29, 0.717) is 0 Å². The van der Waals surface area contributed by atoms with Gasteiger partial charge < -0.3 is 0 Å². The molecule has 2 fully saturated rings. The Morgan fingerprint density at radius 2 is 1.31 bits per heavy atom. The molecule has 2 bridgehead atoms. The van der Waals surface area contributed by atoms with Crippen LogP contribution in [0.25, 0.3) is 0 Å². The highest BCUT2D eigenvalue weighted by Crippen LogP contribution is 2.33. The Morgan fingerprint density at radius 3 is 1.77 bits per heavy atom. The summed E-state index contributed by atoms with van der Waals surface area (Å²) in [5.74, 6) is 0. The zero-order chi connectivity index (χ0) is 9.26. The van der Waals surface area contributed by atoms with Crippen LogP contribution >= 0.6 is 0 Å². The molecule has 0 aromatic heterocycles. The SMILES string of the molecule is CC(C)N1C2CCCCC1CCC2. The van der Waals surface area contributed by atoms with E-state index in [2.05, 4.69) is 18.7 Å². The lowest BCUT2D eigenvalue weighted by atomic mass is 9.93. The van der Waals surface area contributed by atoms with E-state index in [1.54, 1.807) is 0 Å². The maximum absolute atomic E-state index is 2.82. The first kappa shape index (κ1) is 9.51. The number of nitrogens with zero attached hydrogens (tertiary/aromatic N) is 1. The van der Waals surface area contributed by atoms with Crippen LogP contribution < -0.4 is 0 Å². The molecular formula is C12H23N. The normalized spacial score (nSPS) is 36.2.